The highest BCUT2D eigenvalue weighted by atomic mass is 16.6. The molecule has 1 saturated heterocycles. The van der Waals surface area contributed by atoms with Gasteiger partial charge in [0.25, 0.3) is 23.4 Å². The molecule has 5 rings (SSSR count). The Morgan fingerprint density at radius 2 is 1.60 bits per heavy atom. The Balaban J connectivity index is 1.42. The standard InChI is InChI=1S/C34H32N6O7/c41-31(42)21-28(26-8-4-15-35-22-26)36-33(44)25-11-14-30(29(20-25)37-32(43)23-9-12-27(13-10-23)40(46)47)38-16-5-17-39(19-18-38)34(45)24-6-2-1-3-7-24/h1-4,6-15,20,22,28H,5,16-19,21H2,(H,36,44)(H,37,43)(H,41,42). The summed E-state index contributed by atoms with van der Waals surface area (Å²) < 4.78 is 0. The van der Waals surface area contributed by atoms with Crippen LogP contribution in [0, 0.1) is 10.1 Å². The van der Waals surface area contributed by atoms with Gasteiger partial charge in [0.1, 0.15) is 0 Å². The lowest BCUT2D eigenvalue weighted by molar-refractivity contribution is -0.384. The van der Waals surface area contributed by atoms with Crippen molar-refractivity contribution >= 4 is 40.8 Å². The first kappa shape index (κ1) is 32.3. The molecule has 0 aliphatic carbocycles. The van der Waals surface area contributed by atoms with Crippen molar-refractivity contribution in [2.24, 2.45) is 0 Å². The van der Waals surface area contributed by atoms with E-state index in [1.165, 1.54) is 36.5 Å². The van der Waals surface area contributed by atoms with Crippen molar-refractivity contribution in [3.63, 3.8) is 0 Å². The van der Waals surface area contributed by atoms with E-state index in [9.17, 15) is 34.4 Å². The van der Waals surface area contributed by atoms with Gasteiger partial charge in [-0.2, -0.15) is 0 Å². The van der Waals surface area contributed by atoms with Crippen LogP contribution in [0.2, 0.25) is 0 Å². The summed E-state index contributed by atoms with van der Waals surface area (Å²) in [5.41, 5.74) is 2.21. The molecule has 1 aliphatic rings. The summed E-state index contributed by atoms with van der Waals surface area (Å²) in [7, 11) is 0. The molecule has 240 valence electrons. The molecule has 3 amide bonds. The molecule has 0 saturated carbocycles. The van der Waals surface area contributed by atoms with E-state index in [0.29, 0.717) is 55.1 Å². The van der Waals surface area contributed by atoms with Gasteiger partial charge in [0, 0.05) is 67.4 Å². The molecule has 0 bridgehead atoms. The van der Waals surface area contributed by atoms with Crippen LogP contribution in [0.15, 0.2) is 97.3 Å². The number of pyridine rings is 1. The molecule has 1 unspecified atom stereocenters. The summed E-state index contributed by atoms with van der Waals surface area (Å²) in [5.74, 6) is -2.29. The lowest BCUT2D eigenvalue weighted by Crippen LogP contribution is -2.35. The maximum absolute atomic E-state index is 13.5. The second-order valence-corrected chi connectivity index (χ2v) is 10.9. The molecule has 1 aliphatic heterocycles. The summed E-state index contributed by atoms with van der Waals surface area (Å²) in [6.45, 7) is 1.97. The van der Waals surface area contributed by atoms with Gasteiger partial charge >= 0.3 is 5.97 Å². The van der Waals surface area contributed by atoms with Gasteiger partial charge in [-0.15, -0.1) is 0 Å². The highest BCUT2D eigenvalue weighted by Crippen LogP contribution is 2.30. The Morgan fingerprint density at radius 3 is 2.28 bits per heavy atom. The van der Waals surface area contributed by atoms with E-state index in [0.717, 1.165) is 0 Å². The molecule has 13 heteroatoms. The second kappa shape index (κ2) is 14.8. The van der Waals surface area contributed by atoms with Gasteiger partial charge in [0.2, 0.25) is 0 Å². The van der Waals surface area contributed by atoms with Crippen molar-refractivity contribution < 1.29 is 29.2 Å². The molecule has 1 aromatic heterocycles. The first-order chi connectivity index (χ1) is 22.7. The number of carbonyl (C=O) groups is 4. The number of carbonyl (C=O) groups excluding carboxylic acids is 3. The molecule has 2 heterocycles. The van der Waals surface area contributed by atoms with Crippen LogP contribution in [0.4, 0.5) is 17.1 Å². The molecule has 47 heavy (non-hydrogen) atoms. The fourth-order valence-corrected chi connectivity index (χ4v) is 5.36. The number of amides is 3. The van der Waals surface area contributed by atoms with Crippen molar-refractivity contribution in [1.29, 1.82) is 0 Å². The van der Waals surface area contributed by atoms with Gasteiger partial charge in [0.05, 0.1) is 28.8 Å². The molecule has 1 fully saturated rings. The lowest BCUT2D eigenvalue weighted by atomic mass is 10.0. The minimum Gasteiger partial charge on any atom is -0.481 e. The van der Waals surface area contributed by atoms with Crippen LogP contribution in [-0.2, 0) is 4.79 Å². The number of hydrogen-bond acceptors (Lipinski definition) is 8. The highest BCUT2D eigenvalue weighted by Gasteiger charge is 2.25. The Morgan fingerprint density at radius 1 is 0.851 bits per heavy atom. The molecule has 4 aromatic rings. The van der Waals surface area contributed by atoms with Crippen LogP contribution >= 0.6 is 0 Å². The molecule has 3 aromatic carbocycles. The van der Waals surface area contributed by atoms with Gasteiger partial charge in [-0.25, -0.2) is 0 Å². The molecule has 13 nitrogen and oxygen atoms in total. The number of nitrogens with zero attached hydrogens (tertiary/aromatic N) is 4. The number of nitro groups is 1. The van der Waals surface area contributed by atoms with E-state index in [-0.39, 0.29) is 29.1 Å². The molecule has 0 spiro atoms. The number of benzene rings is 3. The van der Waals surface area contributed by atoms with Crippen LogP contribution in [0.1, 0.15) is 55.5 Å². The van der Waals surface area contributed by atoms with Crippen LogP contribution in [0.5, 0.6) is 0 Å². The lowest BCUT2D eigenvalue weighted by Gasteiger charge is -2.27. The van der Waals surface area contributed by atoms with Crippen molar-refractivity contribution in [2.75, 3.05) is 36.4 Å². The SMILES string of the molecule is O=C(O)CC(NC(=O)c1ccc(N2CCCN(C(=O)c3ccccc3)CC2)c(NC(=O)c2ccc([N+](=O)[O-])cc2)c1)c1cccnc1. The predicted molar refractivity (Wildman–Crippen MR) is 173 cm³/mol. The fourth-order valence-electron chi connectivity index (χ4n) is 5.36. The van der Waals surface area contributed by atoms with Gasteiger partial charge < -0.3 is 25.5 Å². The van der Waals surface area contributed by atoms with Crippen LogP contribution in [0.25, 0.3) is 0 Å². The summed E-state index contributed by atoms with van der Waals surface area (Å²) in [4.78, 5) is 69.9. The summed E-state index contributed by atoms with van der Waals surface area (Å²) in [6, 6.07) is 21.4. The average Bonchev–Trinajstić information content (AvgIpc) is 3.34. The Kier molecular flexibility index (Phi) is 10.2. The fraction of sp³-hybridized carbons (Fsp3) is 0.206. The quantitative estimate of drug-likeness (QED) is 0.167. The zero-order valence-electron chi connectivity index (χ0n) is 25.2. The number of carboxylic acids is 1. The van der Waals surface area contributed by atoms with Crippen molar-refractivity contribution in [3.05, 3.63) is 130 Å². The smallest absolute Gasteiger partial charge is 0.305 e. The Labute approximate surface area is 270 Å². The number of non-ortho nitro benzene ring substituents is 1. The highest BCUT2D eigenvalue weighted by molar-refractivity contribution is 6.07. The third kappa shape index (κ3) is 8.14. The number of rotatable bonds is 10. The molecule has 1 atom stereocenters. The van der Waals surface area contributed by atoms with Gasteiger partial charge in [-0.3, -0.25) is 34.3 Å². The minimum atomic E-state index is -1.11. The summed E-state index contributed by atoms with van der Waals surface area (Å²) >= 11 is 0. The first-order valence-electron chi connectivity index (χ1n) is 14.9. The number of nitrogens with one attached hydrogen (secondary N) is 2. The number of nitro benzene ring substituents is 1. The topological polar surface area (TPSA) is 175 Å². The average molecular weight is 637 g/mol. The third-order valence-electron chi connectivity index (χ3n) is 7.76. The van der Waals surface area contributed by atoms with Crippen LogP contribution in [-0.4, -0.2) is 69.8 Å². The monoisotopic (exact) mass is 636 g/mol. The van der Waals surface area contributed by atoms with E-state index < -0.39 is 28.7 Å². The Bertz CT molecular complexity index is 1770. The van der Waals surface area contributed by atoms with Gasteiger partial charge in [-0.05, 0) is 60.5 Å². The summed E-state index contributed by atoms with van der Waals surface area (Å²) in [5, 5.41) is 26.2. The van der Waals surface area contributed by atoms with Gasteiger partial charge in [0.15, 0.2) is 0 Å². The third-order valence-corrected chi connectivity index (χ3v) is 7.76. The molecule has 0 radical (unpaired) electrons. The first-order valence-corrected chi connectivity index (χ1v) is 14.9. The van der Waals surface area contributed by atoms with E-state index in [1.54, 1.807) is 47.5 Å². The number of carboxylic acid groups (broad SMARTS) is 1. The van der Waals surface area contributed by atoms with Gasteiger partial charge in [-0.1, -0.05) is 24.3 Å². The minimum absolute atomic E-state index is 0.0734. The van der Waals surface area contributed by atoms with Crippen LogP contribution in [0.3, 0.4) is 0 Å². The van der Waals surface area contributed by atoms with Crippen LogP contribution < -0.4 is 15.5 Å². The van der Waals surface area contributed by atoms with Crippen molar-refractivity contribution in [3.8, 4) is 0 Å². The zero-order chi connectivity index (χ0) is 33.3. The maximum Gasteiger partial charge on any atom is 0.305 e. The number of aromatic nitrogens is 1. The molecule has 3 N–H and O–H groups in total. The van der Waals surface area contributed by atoms with Crippen molar-refractivity contribution in [2.45, 2.75) is 18.9 Å². The van der Waals surface area contributed by atoms with Crippen molar-refractivity contribution in [1.82, 2.24) is 15.2 Å². The largest absolute Gasteiger partial charge is 0.481 e. The zero-order valence-corrected chi connectivity index (χ0v) is 25.2. The van der Waals surface area contributed by atoms with E-state index in [4.69, 9.17) is 0 Å². The number of hydrogen-bond donors (Lipinski definition) is 3. The number of aliphatic carboxylic acids is 1. The Hall–Kier alpha value is -6.11. The van der Waals surface area contributed by atoms with E-state index >= 15 is 0 Å². The second-order valence-electron chi connectivity index (χ2n) is 10.9. The molecular formula is C34H32N6O7. The molecular weight excluding hydrogens is 604 g/mol. The maximum atomic E-state index is 13.5. The number of anilines is 2. The normalized spacial score (nSPS) is 13.6. The van der Waals surface area contributed by atoms with E-state index in [1.807, 2.05) is 23.1 Å². The predicted octanol–water partition coefficient (Wildman–Crippen LogP) is 4.54. The van der Waals surface area contributed by atoms with E-state index in [2.05, 4.69) is 15.6 Å². The summed E-state index contributed by atoms with van der Waals surface area (Å²) in [6.07, 6.45) is 3.31.